The Balaban J connectivity index is 1.64. The average Bonchev–Trinajstić information content (AvgIpc) is 3.50. The number of rotatable bonds is 4. The predicted octanol–water partition coefficient (Wildman–Crippen LogP) is 3.70. The van der Waals surface area contributed by atoms with Crippen LogP contribution in [0.25, 0.3) is 5.76 Å². The molecule has 1 fully saturated rings. The zero-order chi connectivity index (χ0) is 20.7. The summed E-state index contributed by atoms with van der Waals surface area (Å²) < 4.78 is 5.53. The first-order valence-corrected chi connectivity index (χ1v) is 10.5. The summed E-state index contributed by atoms with van der Waals surface area (Å²) in [5.74, 6) is -0.673. The molecule has 0 saturated carbocycles. The van der Waals surface area contributed by atoms with Gasteiger partial charge >= 0.3 is 0 Å². The molecule has 2 aliphatic heterocycles. The van der Waals surface area contributed by atoms with Crippen LogP contribution in [0, 0.1) is 0 Å². The van der Waals surface area contributed by atoms with Crippen LogP contribution in [-0.2, 0) is 22.6 Å². The molecule has 1 amide bonds. The summed E-state index contributed by atoms with van der Waals surface area (Å²) in [6, 6.07) is 12.0. The van der Waals surface area contributed by atoms with E-state index < -0.39 is 17.7 Å². The topological polar surface area (TPSA) is 79.7 Å². The normalized spacial score (nSPS) is 19.7. The van der Waals surface area contributed by atoms with Gasteiger partial charge in [-0.2, -0.15) is 0 Å². The van der Waals surface area contributed by atoms with E-state index in [2.05, 4.69) is 4.98 Å². The number of Topliss-reactive ketones (excluding diaryl/α,β-unsaturated/α-hetero) is 1. The lowest BCUT2D eigenvalue weighted by atomic mass is 9.95. The molecular weight excluding hydrogens is 400 g/mol. The molecule has 2 aromatic heterocycles. The summed E-state index contributed by atoms with van der Waals surface area (Å²) in [4.78, 5) is 32.5. The number of likely N-dealkylation sites (tertiary alicyclic amines) is 1. The Morgan fingerprint density at radius 3 is 2.80 bits per heavy atom. The highest BCUT2D eigenvalue weighted by Crippen LogP contribution is 2.41. The number of pyridine rings is 1. The van der Waals surface area contributed by atoms with Gasteiger partial charge < -0.3 is 14.7 Å². The van der Waals surface area contributed by atoms with E-state index in [9.17, 15) is 14.7 Å². The summed E-state index contributed by atoms with van der Waals surface area (Å²) >= 11 is 1.52. The van der Waals surface area contributed by atoms with E-state index in [4.69, 9.17) is 4.74 Å². The van der Waals surface area contributed by atoms with E-state index >= 15 is 0 Å². The molecule has 3 aromatic rings. The van der Waals surface area contributed by atoms with Crippen molar-refractivity contribution >= 4 is 28.8 Å². The second-order valence-corrected chi connectivity index (χ2v) is 8.24. The number of amides is 1. The smallest absolute Gasteiger partial charge is 0.295 e. The standard InChI is InChI=1S/C23H18N2O4S/c26-21(16-3-4-18-15(12-16)7-10-29-18)19-20(14-5-8-24-9-6-14)25(23(28)22(19)27)13-17-2-1-11-30-17/h1-6,8-9,11-12,20,26H,7,10,13H2/b21-19-. The van der Waals surface area contributed by atoms with Crippen LogP contribution >= 0.6 is 11.3 Å². The Kier molecular flexibility index (Phi) is 4.59. The van der Waals surface area contributed by atoms with Gasteiger partial charge in [-0.1, -0.05) is 6.07 Å². The van der Waals surface area contributed by atoms with E-state index in [0.717, 1.165) is 28.2 Å². The van der Waals surface area contributed by atoms with Gasteiger partial charge in [0, 0.05) is 29.3 Å². The Morgan fingerprint density at radius 2 is 2.03 bits per heavy atom. The maximum atomic E-state index is 13.0. The third kappa shape index (κ3) is 3.07. The number of aromatic nitrogens is 1. The Bertz CT molecular complexity index is 1160. The Hall–Kier alpha value is -3.45. The zero-order valence-electron chi connectivity index (χ0n) is 15.9. The van der Waals surface area contributed by atoms with Gasteiger partial charge in [-0.3, -0.25) is 14.6 Å². The van der Waals surface area contributed by atoms with Crippen LogP contribution in [0.2, 0.25) is 0 Å². The lowest BCUT2D eigenvalue weighted by Gasteiger charge is -2.24. The highest BCUT2D eigenvalue weighted by atomic mass is 32.1. The third-order valence-corrected chi connectivity index (χ3v) is 6.29. The Morgan fingerprint density at radius 1 is 1.20 bits per heavy atom. The van der Waals surface area contributed by atoms with E-state index in [0.29, 0.717) is 18.7 Å². The number of nitrogens with zero attached hydrogens (tertiary/aromatic N) is 2. The maximum Gasteiger partial charge on any atom is 0.295 e. The van der Waals surface area contributed by atoms with Gasteiger partial charge in [0.15, 0.2) is 0 Å². The molecular formula is C23H18N2O4S. The highest BCUT2D eigenvalue weighted by molar-refractivity contribution is 7.09. The average molecular weight is 418 g/mol. The fraction of sp³-hybridized carbons (Fsp3) is 0.174. The fourth-order valence-corrected chi connectivity index (χ4v) is 4.70. The van der Waals surface area contributed by atoms with Gasteiger partial charge in [0.05, 0.1) is 24.8 Å². The van der Waals surface area contributed by atoms with Crippen molar-refractivity contribution in [1.82, 2.24) is 9.88 Å². The van der Waals surface area contributed by atoms with Crippen molar-refractivity contribution in [1.29, 1.82) is 0 Å². The molecule has 1 atom stereocenters. The summed E-state index contributed by atoms with van der Waals surface area (Å²) in [7, 11) is 0. The Labute approximate surface area is 177 Å². The maximum absolute atomic E-state index is 13.0. The highest BCUT2D eigenvalue weighted by Gasteiger charge is 2.46. The molecule has 1 aromatic carbocycles. The predicted molar refractivity (Wildman–Crippen MR) is 112 cm³/mol. The van der Waals surface area contributed by atoms with Gasteiger partial charge in [0.25, 0.3) is 11.7 Å². The molecule has 0 bridgehead atoms. The lowest BCUT2D eigenvalue weighted by Crippen LogP contribution is -2.28. The van der Waals surface area contributed by atoms with Crippen molar-refractivity contribution in [3.8, 4) is 5.75 Å². The number of benzene rings is 1. The number of ether oxygens (including phenoxy) is 1. The minimum Gasteiger partial charge on any atom is -0.507 e. The van der Waals surface area contributed by atoms with E-state index in [1.165, 1.54) is 16.2 Å². The number of ketones is 1. The molecule has 0 radical (unpaired) electrons. The van der Waals surface area contributed by atoms with Crippen molar-refractivity contribution in [3.05, 3.63) is 87.4 Å². The van der Waals surface area contributed by atoms with Gasteiger partial charge in [0.2, 0.25) is 0 Å². The van der Waals surface area contributed by atoms with Crippen molar-refractivity contribution in [2.75, 3.05) is 6.61 Å². The number of fused-ring (bicyclic) bond motifs is 1. The van der Waals surface area contributed by atoms with Gasteiger partial charge in [-0.25, -0.2) is 0 Å². The molecule has 1 saturated heterocycles. The minimum absolute atomic E-state index is 0.0987. The lowest BCUT2D eigenvalue weighted by molar-refractivity contribution is -0.140. The van der Waals surface area contributed by atoms with Gasteiger partial charge in [-0.15, -0.1) is 11.3 Å². The third-order valence-electron chi connectivity index (χ3n) is 5.43. The molecule has 6 nitrogen and oxygen atoms in total. The molecule has 0 spiro atoms. The van der Waals surface area contributed by atoms with E-state index in [-0.39, 0.29) is 11.3 Å². The van der Waals surface area contributed by atoms with Crippen molar-refractivity contribution in [2.45, 2.75) is 19.0 Å². The monoisotopic (exact) mass is 418 g/mol. The minimum atomic E-state index is -0.681. The summed E-state index contributed by atoms with van der Waals surface area (Å²) in [6.07, 6.45) is 3.98. The number of hydrogen-bond donors (Lipinski definition) is 1. The van der Waals surface area contributed by atoms with Crippen LogP contribution in [0.5, 0.6) is 5.75 Å². The van der Waals surface area contributed by atoms with E-state index in [1.807, 2.05) is 23.6 Å². The first kappa shape index (κ1) is 18.6. The zero-order valence-corrected chi connectivity index (χ0v) is 16.8. The second-order valence-electron chi connectivity index (χ2n) is 7.21. The quantitative estimate of drug-likeness (QED) is 0.397. The second kappa shape index (κ2) is 7.42. The molecule has 4 heterocycles. The summed E-state index contributed by atoms with van der Waals surface area (Å²) in [5, 5.41) is 13.1. The molecule has 1 N–H and O–H groups in total. The largest absolute Gasteiger partial charge is 0.507 e. The van der Waals surface area contributed by atoms with Crippen LogP contribution < -0.4 is 4.74 Å². The molecule has 1 unspecified atom stereocenters. The van der Waals surface area contributed by atoms with Crippen LogP contribution in [0.1, 0.15) is 27.6 Å². The van der Waals surface area contributed by atoms with Gasteiger partial charge in [0.1, 0.15) is 11.5 Å². The summed E-state index contributed by atoms with van der Waals surface area (Å²) in [6.45, 7) is 0.895. The molecule has 30 heavy (non-hydrogen) atoms. The molecule has 7 heteroatoms. The first-order chi connectivity index (χ1) is 14.6. The molecule has 0 aliphatic carbocycles. The van der Waals surface area contributed by atoms with Crippen LogP contribution in [0.4, 0.5) is 0 Å². The number of aliphatic hydroxyl groups is 1. The first-order valence-electron chi connectivity index (χ1n) is 9.60. The van der Waals surface area contributed by atoms with Crippen molar-refractivity contribution in [2.24, 2.45) is 0 Å². The number of hydrogen-bond acceptors (Lipinski definition) is 6. The van der Waals surface area contributed by atoms with Crippen LogP contribution in [-0.4, -0.2) is 33.3 Å². The number of carbonyl (C=O) groups is 2. The van der Waals surface area contributed by atoms with Crippen LogP contribution in [0.3, 0.4) is 0 Å². The molecule has 150 valence electrons. The van der Waals surface area contributed by atoms with Crippen molar-refractivity contribution < 1.29 is 19.4 Å². The summed E-state index contributed by atoms with van der Waals surface area (Å²) in [5.41, 5.74) is 2.31. The van der Waals surface area contributed by atoms with E-state index in [1.54, 1.807) is 36.7 Å². The number of aliphatic hydroxyl groups excluding tert-OH is 1. The van der Waals surface area contributed by atoms with Crippen molar-refractivity contribution in [3.63, 3.8) is 0 Å². The van der Waals surface area contributed by atoms with Gasteiger partial charge in [-0.05, 0) is 52.9 Å². The molecule has 5 rings (SSSR count). The number of carbonyl (C=O) groups excluding carboxylic acids is 2. The van der Waals surface area contributed by atoms with Crippen LogP contribution in [0.15, 0.2) is 65.8 Å². The molecule has 2 aliphatic rings. The SMILES string of the molecule is O=C1C(=O)N(Cc2cccs2)C(c2ccncc2)/C1=C(/O)c1ccc2c(c1)CCO2. The number of thiophene rings is 1. The fourth-order valence-electron chi connectivity index (χ4n) is 4.00.